The average molecular weight is 390 g/mol. The highest BCUT2D eigenvalue weighted by Gasteiger charge is 2.28. The number of hydrogen-bond donors (Lipinski definition) is 0. The molecule has 5 nitrogen and oxygen atoms in total. The van der Waals surface area contributed by atoms with Gasteiger partial charge in [-0.2, -0.15) is 4.31 Å². The Hall–Kier alpha value is -2.25. The second kappa shape index (κ2) is 8.19. The van der Waals surface area contributed by atoms with Crippen LogP contribution in [0.3, 0.4) is 0 Å². The monoisotopic (exact) mass is 390 g/mol. The molecule has 0 radical (unpaired) electrons. The standard InChI is InChI=1S/C20H23FN2O3S/c1-16-3-5-17(6-4-16)15-20(24)22-11-2-12-23(14-13-22)27(25,26)19-9-7-18(21)8-10-19/h3-10H,2,11-15H2,1H3. The zero-order chi connectivity index (χ0) is 19.4. The molecule has 144 valence electrons. The molecule has 0 spiro atoms. The lowest BCUT2D eigenvalue weighted by Gasteiger charge is -2.22. The number of carbonyl (C=O) groups excluding carboxylic acids is 1. The lowest BCUT2D eigenvalue weighted by Crippen LogP contribution is -2.38. The van der Waals surface area contributed by atoms with Gasteiger partial charge in [0, 0.05) is 26.2 Å². The summed E-state index contributed by atoms with van der Waals surface area (Å²) >= 11 is 0. The van der Waals surface area contributed by atoms with E-state index >= 15 is 0 Å². The maximum atomic E-state index is 13.1. The third-order valence-electron chi connectivity index (χ3n) is 4.73. The van der Waals surface area contributed by atoms with Gasteiger partial charge < -0.3 is 4.90 Å². The molecule has 0 unspecified atom stereocenters. The van der Waals surface area contributed by atoms with Crippen molar-refractivity contribution in [3.05, 3.63) is 65.5 Å². The number of benzene rings is 2. The summed E-state index contributed by atoms with van der Waals surface area (Å²) in [5, 5.41) is 0. The highest BCUT2D eigenvalue weighted by molar-refractivity contribution is 7.89. The number of amides is 1. The van der Waals surface area contributed by atoms with Crippen LogP contribution in [0.5, 0.6) is 0 Å². The third-order valence-corrected chi connectivity index (χ3v) is 6.65. The number of aryl methyl sites for hydroxylation is 1. The molecule has 1 aliphatic heterocycles. The van der Waals surface area contributed by atoms with E-state index in [0.29, 0.717) is 32.5 Å². The van der Waals surface area contributed by atoms with Gasteiger partial charge in [0.25, 0.3) is 0 Å². The minimum atomic E-state index is -3.69. The zero-order valence-corrected chi connectivity index (χ0v) is 16.1. The molecule has 0 atom stereocenters. The molecular formula is C20H23FN2O3S. The van der Waals surface area contributed by atoms with Crippen LogP contribution >= 0.6 is 0 Å². The van der Waals surface area contributed by atoms with Crippen molar-refractivity contribution in [1.82, 2.24) is 9.21 Å². The van der Waals surface area contributed by atoms with Crippen LogP contribution in [0.15, 0.2) is 53.4 Å². The van der Waals surface area contributed by atoms with Gasteiger partial charge in [-0.05, 0) is 43.2 Å². The summed E-state index contributed by atoms with van der Waals surface area (Å²) in [6, 6.07) is 12.7. The topological polar surface area (TPSA) is 57.7 Å². The Kier molecular flexibility index (Phi) is 5.92. The van der Waals surface area contributed by atoms with Crippen LogP contribution in [0.2, 0.25) is 0 Å². The van der Waals surface area contributed by atoms with Crippen molar-refractivity contribution in [2.24, 2.45) is 0 Å². The Morgan fingerprint density at radius 3 is 2.30 bits per heavy atom. The second-order valence-corrected chi connectivity index (χ2v) is 8.69. The van der Waals surface area contributed by atoms with Crippen molar-refractivity contribution < 1.29 is 17.6 Å². The van der Waals surface area contributed by atoms with E-state index in [-0.39, 0.29) is 17.3 Å². The molecular weight excluding hydrogens is 367 g/mol. The van der Waals surface area contributed by atoms with Crippen molar-refractivity contribution in [3.63, 3.8) is 0 Å². The van der Waals surface area contributed by atoms with Crippen molar-refractivity contribution >= 4 is 15.9 Å². The van der Waals surface area contributed by atoms with Gasteiger partial charge in [0.1, 0.15) is 5.82 Å². The Bertz CT molecular complexity index is 896. The molecule has 27 heavy (non-hydrogen) atoms. The highest BCUT2D eigenvalue weighted by atomic mass is 32.2. The van der Waals surface area contributed by atoms with E-state index in [4.69, 9.17) is 0 Å². The molecule has 1 heterocycles. The molecule has 0 aromatic heterocycles. The van der Waals surface area contributed by atoms with Gasteiger partial charge in [0.2, 0.25) is 15.9 Å². The zero-order valence-electron chi connectivity index (χ0n) is 15.3. The van der Waals surface area contributed by atoms with Crippen molar-refractivity contribution in [2.45, 2.75) is 24.7 Å². The van der Waals surface area contributed by atoms with E-state index < -0.39 is 15.8 Å². The van der Waals surface area contributed by atoms with E-state index in [1.165, 1.54) is 16.4 Å². The van der Waals surface area contributed by atoms with Crippen LogP contribution < -0.4 is 0 Å². The van der Waals surface area contributed by atoms with E-state index in [1.807, 2.05) is 31.2 Å². The van der Waals surface area contributed by atoms with E-state index in [9.17, 15) is 17.6 Å². The van der Waals surface area contributed by atoms with Crippen molar-refractivity contribution in [1.29, 1.82) is 0 Å². The lowest BCUT2D eigenvalue weighted by molar-refractivity contribution is -0.130. The molecule has 0 bridgehead atoms. The second-order valence-electron chi connectivity index (χ2n) is 6.75. The van der Waals surface area contributed by atoms with E-state index in [2.05, 4.69) is 0 Å². The quantitative estimate of drug-likeness (QED) is 0.806. The number of hydrogen-bond acceptors (Lipinski definition) is 3. The van der Waals surface area contributed by atoms with E-state index in [1.54, 1.807) is 4.90 Å². The van der Waals surface area contributed by atoms with Gasteiger partial charge in [0.05, 0.1) is 11.3 Å². The van der Waals surface area contributed by atoms with Crippen LogP contribution in [0, 0.1) is 12.7 Å². The van der Waals surface area contributed by atoms with Gasteiger partial charge in [-0.25, -0.2) is 12.8 Å². The molecule has 2 aromatic carbocycles. The smallest absolute Gasteiger partial charge is 0.243 e. The van der Waals surface area contributed by atoms with Crippen LogP contribution in [-0.4, -0.2) is 49.7 Å². The van der Waals surface area contributed by atoms with Crippen molar-refractivity contribution in [3.8, 4) is 0 Å². The molecule has 2 aromatic rings. The normalized spacial score (nSPS) is 16.1. The fourth-order valence-corrected chi connectivity index (χ4v) is 4.60. The summed E-state index contributed by atoms with van der Waals surface area (Å²) in [6.45, 7) is 3.45. The highest BCUT2D eigenvalue weighted by Crippen LogP contribution is 2.18. The fraction of sp³-hybridized carbons (Fsp3) is 0.350. The first-order chi connectivity index (χ1) is 12.9. The van der Waals surface area contributed by atoms with Gasteiger partial charge in [-0.3, -0.25) is 4.79 Å². The summed E-state index contributed by atoms with van der Waals surface area (Å²) in [5.41, 5.74) is 2.09. The maximum absolute atomic E-state index is 13.1. The van der Waals surface area contributed by atoms with Gasteiger partial charge >= 0.3 is 0 Å². The third kappa shape index (κ3) is 4.73. The molecule has 1 amide bonds. The minimum Gasteiger partial charge on any atom is -0.341 e. The average Bonchev–Trinajstić information content (AvgIpc) is 2.91. The van der Waals surface area contributed by atoms with Crippen LogP contribution in [0.25, 0.3) is 0 Å². The molecule has 1 aliphatic rings. The summed E-state index contributed by atoms with van der Waals surface area (Å²) in [7, 11) is -3.69. The summed E-state index contributed by atoms with van der Waals surface area (Å²) in [6.07, 6.45) is 0.880. The SMILES string of the molecule is Cc1ccc(CC(=O)N2CCCN(S(=O)(=O)c3ccc(F)cc3)CC2)cc1. The Morgan fingerprint density at radius 1 is 0.963 bits per heavy atom. The largest absolute Gasteiger partial charge is 0.341 e. The summed E-state index contributed by atoms with van der Waals surface area (Å²) in [5.74, 6) is -0.474. The first-order valence-electron chi connectivity index (χ1n) is 8.95. The predicted molar refractivity (Wildman–Crippen MR) is 101 cm³/mol. The van der Waals surface area contributed by atoms with Gasteiger partial charge in [0.15, 0.2) is 0 Å². The molecule has 3 rings (SSSR count). The molecule has 0 N–H and O–H groups in total. The summed E-state index contributed by atoms with van der Waals surface area (Å²) < 4.78 is 39.9. The number of carbonyl (C=O) groups is 1. The number of nitrogens with zero attached hydrogens (tertiary/aromatic N) is 2. The maximum Gasteiger partial charge on any atom is 0.243 e. The Labute approximate surface area is 159 Å². The molecule has 0 saturated carbocycles. The Morgan fingerprint density at radius 2 is 1.63 bits per heavy atom. The van der Waals surface area contributed by atoms with Crippen LogP contribution in [0.1, 0.15) is 17.5 Å². The first-order valence-corrected chi connectivity index (χ1v) is 10.4. The molecule has 7 heteroatoms. The van der Waals surface area contributed by atoms with Gasteiger partial charge in [-0.1, -0.05) is 29.8 Å². The molecule has 1 saturated heterocycles. The first kappa shape index (κ1) is 19.5. The minimum absolute atomic E-state index is 0.000108. The number of rotatable bonds is 4. The summed E-state index contributed by atoms with van der Waals surface area (Å²) in [4.78, 5) is 14.4. The van der Waals surface area contributed by atoms with Crippen LogP contribution in [0.4, 0.5) is 4.39 Å². The van der Waals surface area contributed by atoms with Crippen molar-refractivity contribution in [2.75, 3.05) is 26.2 Å². The fourth-order valence-electron chi connectivity index (χ4n) is 3.13. The number of sulfonamides is 1. The van der Waals surface area contributed by atoms with Gasteiger partial charge in [-0.15, -0.1) is 0 Å². The molecule has 0 aliphatic carbocycles. The predicted octanol–water partition coefficient (Wildman–Crippen LogP) is 2.60. The molecule has 1 fully saturated rings. The van der Waals surface area contributed by atoms with E-state index in [0.717, 1.165) is 23.3 Å². The number of halogens is 1. The lowest BCUT2D eigenvalue weighted by atomic mass is 10.1. The Balaban J connectivity index is 1.65. The van der Waals surface area contributed by atoms with Crippen LogP contribution in [-0.2, 0) is 21.2 Å².